The fraction of sp³-hybridized carbons (Fsp3) is 0.133. The van der Waals surface area contributed by atoms with Gasteiger partial charge in [0, 0.05) is 6.54 Å². The second-order valence-corrected chi connectivity index (χ2v) is 4.39. The monoisotopic (exact) mass is 279 g/mol. The van der Waals surface area contributed by atoms with Gasteiger partial charge in [0.25, 0.3) is 5.91 Å². The highest BCUT2D eigenvalue weighted by atomic mass is 19.1. The summed E-state index contributed by atoms with van der Waals surface area (Å²) in [4.78, 5) is 11.8. The molecule has 0 spiro atoms. The molecule has 2 aromatic rings. The summed E-state index contributed by atoms with van der Waals surface area (Å²) in [6.45, 7) is 1.71. The molecule has 0 heterocycles. The molecule has 0 radical (unpaired) electrons. The van der Waals surface area contributed by atoms with Crippen molar-refractivity contribution in [3.05, 3.63) is 70.5 Å². The molecule has 0 unspecified atom stereocenters. The maximum absolute atomic E-state index is 13.4. The van der Waals surface area contributed by atoms with Crippen molar-refractivity contribution >= 4 is 5.91 Å². The second-order valence-electron chi connectivity index (χ2n) is 4.39. The lowest BCUT2D eigenvalue weighted by molar-refractivity contribution is 0.0946. The number of rotatable bonds is 3. The third-order valence-corrected chi connectivity index (χ3v) is 2.85. The zero-order valence-corrected chi connectivity index (χ0v) is 10.7. The molecular weight excluding hydrogens is 267 g/mol. The van der Waals surface area contributed by atoms with Crippen molar-refractivity contribution < 1.29 is 18.0 Å². The molecule has 2 rings (SSSR count). The number of benzene rings is 2. The average Bonchev–Trinajstić information content (AvgIpc) is 2.42. The molecule has 0 atom stereocenters. The standard InChI is InChI=1S/C15H12F3NO/c1-9-6-10(2-4-13(9)17)8-19-15(20)12-7-11(16)3-5-14(12)18/h2-7H,8H2,1H3,(H,19,20). The minimum atomic E-state index is -0.792. The van der Waals surface area contributed by atoms with Gasteiger partial charge in [-0.15, -0.1) is 0 Å². The van der Waals surface area contributed by atoms with Crippen molar-refractivity contribution in [3.8, 4) is 0 Å². The minimum Gasteiger partial charge on any atom is -0.348 e. The zero-order valence-electron chi connectivity index (χ0n) is 10.7. The van der Waals surface area contributed by atoms with Crippen LogP contribution in [0.4, 0.5) is 13.2 Å². The van der Waals surface area contributed by atoms with E-state index in [4.69, 9.17) is 0 Å². The fourth-order valence-corrected chi connectivity index (χ4v) is 1.77. The Balaban J connectivity index is 2.08. The number of hydrogen-bond acceptors (Lipinski definition) is 1. The van der Waals surface area contributed by atoms with Crippen LogP contribution in [0.5, 0.6) is 0 Å². The van der Waals surface area contributed by atoms with Gasteiger partial charge in [-0.1, -0.05) is 12.1 Å². The number of carbonyl (C=O) groups excluding carboxylic acids is 1. The van der Waals surface area contributed by atoms with Crippen LogP contribution in [-0.2, 0) is 6.54 Å². The lowest BCUT2D eigenvalue weighted by atomic mass is 10.1. The zero-order chi connectivity index (χ0) is 14.7. The Morgan fingerprint density at radius 2 is 1.75 bits per heavy atom. The minimum absolute atomic E-state index is 0.107. The summed E-state index contributed by atoms with van der Waals surface area (Å²) in [5.74, 6) is -2.53. The Kier molecular flexibility index (Phi) is 4.08. The Labute approximate surface area is 114 Å². The van der Waals surface area contributed by atoms with Crippen LogP contribution in [0.3, 0.4) is 0 Å². The van der Waals surface area contributed by atoms with Crippen molar-refractivity contribution in [2.24, 2.45) is 0 Å². The Bertz CT molecular complexity index is 656. The lowest BCUT2D eigenvalue weighted by Gasteiger charge is -2.07. The van der Waals surface area contributed by atoms with E-state index in [-0.39, 0.29) is 17.9 Å². The number of halogens is 3. The highest BCUT2D eigenvalue weighted by Gasteiger charge is 2.12. The normalized spacial score (nSPS) is 10.4. The van der Waals surface area contributed by atoms with Crippen LogP contribution in [0.2, 0.25) is 0 Å². The number of nitrogens with one attached hydrogen (secondary N) is 1. The van der Waals surface area contributed by atoms with E-state index in [2.05, 4.69) is 5.32 Å². The first-order valence-corrected chi connectivity index (χ1v) is 5.95. The third-order valence-electron chi connectivity index (χ3n) is 2.85. The molecular formula is C15H12F3NO. The molecule has 0 aliphatic carbocycles. The van der Waals surface area contributed by atoms with Gasteiger partial charge in [-0.05, 0) is 42.3 Å². The molecule has 2 aromatic carbocycles. The number of aryl methyl sites for hydroxylation is 1. The van der Waals surface area contributed by atoms with E-state index in [1.165, 1.54) is 12.1 Å². The number of hydrogen-bond donors (Lipinski definition) is 1. The van der Waals surface area contributed by atoms with Gasteiger partial charge >= 0.3 is 0 Å². The Hall–Kier alpha value is -2.30. The molecule has 0 bridgehead atoms. The van der Waals surface area contributed by atoms with Crippen molar-refractivity contribution in [2.75, 3.05) is 0 Å². The van der Waals surface area contributed by atoms with E-state index in [0.29, 0.717) is 11.1 Å². The second kappa shape index (κ2) is 5.77. The molecule has 20 heavy (non-hydrogen) atoms. The SMILES string of the molecule is Cc1cc(CNC(=O)c2cc(F)ccc2F)ccc1F. The van der Waals surface area contributed by atoms with E-state index >= 15 is 0 Å². The molecule has 0 aliphatic rings. The van der Waals surface area contributed by atoms with Gasteiger partial charge in [0.15, 0.2) is 0 Å². The third kappa shape index (κ3) is 3.17. The Morgan fingerprint density at radius 3 is 2.45 bits per heavy atom. The van der Waals surface area contributed by atoms with Gasteiger partial charge < -0.3 is 5.32 Å². The van der Waals surface area contributed by atoms with E-state index in [1.807, 2.05) is 0 Å². The van der Waals surface area contributed by atoms with Crippen LogP contribution in [-0.4, -0.2) is 5.91 Å². The van der Waals surface area contributed by atoms with Crippen molar-refractivity contribution in [1.29, 1.82) is 0 Å². The molecule has 2 nitrogen and oxygen atoms in total. The molecule has 5 heteroatoms. The quantitative estimate of drug-likeness (QED) is 0.917. The van der Waals surface area contributed by atoms with Crippen LogP contribution in [0, 0.1) is 24.4 Å². The molecule has 0 aromatic heterocycles. The van der Waals surface area contributed by atoms with Crippen LogP contribution in [0.25, 0.3) is 0 Å². The van der Waals surface area contributed by atoms with E-state index < -0.39 is 17.5 Å². The van der Waals surface area contributed by atoms with Gasteiger partial charge in [-0.2, -0.15) is 0 Å². The Morgan fingerprint density at radius 1 is 1.05 bits per heavy atom. The van der Waals surface area contributed by atoms with E-state index in [1.54, 1.807) is 13.0 Å². The van der Waals surface area contributed by atoms with Gasteiger partial charge in [-0.3, -0.25) is 4.79 Å². The summed E-state index contributed by atoms with van der Waals surface area (Å²) in [5.41, 5.74) is 0.770. The van der Waals surface area contributed by atoms with Gasteiger partial charge in [0.05, 0.1) is 5.56 Å². The predicted octanol–water partition coefficient (Wildman–Crippen LogP) is 3.34. The molecule has 1 amide bonds. The van der Waals surface area contributed by atoms with E-state index in [0.717, 1.165) is 18.2 Å². The predicted molar refractivity (Wildman–Crippen MR) is 68.7 cm³/mol. The summed E-state index contributed by atoms with van der Waals surface area (Å²) >= 11 is 0. The highest BCUT2D eigenvalue weighted by molar-refractivity contribution is 5.94. The van der Waals surface area contributed by atoms with Crippen LogP contribution in [0.1, 0.15) is 21.5 Å². The molecule has 0 saturated carbocycles. The van der Waals surface area contributed by atoms with E-state index in [9.17, 15) is 18.0 Å². The summed E-state index contributed by atoms with van der Waals surface area (Å²) in [6.07, 6.45) is 0. The van der Waals surface area contributed by atoms with Crippen molar-refractivity contribution in [3.63, 3.8) is 0 Å². The van der Waals surface area contributed by atoms with Crippen molar-refractivity contribution in [2.45, 2.75) is 13.5 Å². The summed E-state index contributed by atoms with van der Waals surface area (Å²) in [6, 6.07) is 7.06. The van der Waals surface area contributed by atoms with Crippen LogP contribution in [0.15, 0.2) is 36.4 Å². The molecule has 104 valence electrons. The summed E-state index contributed by atoms with van der Waals surface area (Å²) in [5, 5.41) is 2.46. The maximum Gasteiger partial charge on any atom is 0.254 e. The first-order valence-electron chi connectivity index (χ1n) is 5.95. The first-order chi connectivity index (χ1) is 9.47. The topological polar surface area (TPSA) is 29.1 Å². The summed E-state index contributed by atoms with van der Waals surface area (Å²) < 4.78 is 39.4. The number of amides is 1. The largest absolute Gasteiger partial charge is 0.348 e. The van der Waals surface area contributed by atoms with Gasteiger partial charge in [0.1, 0.15) is 17.5 Å². The first kappa shape index (κ1) is 14.1. The molecule has 1 N–H and O–H groups in total. The van der Waals surface area contributed by atoms with Crippen LogP contribution < -0.4 is 5.32 Å². The van der Waals surface area contributed by atoms with Crippen molar-refractivity contribution in [1.82, 2.24) is 5.32 Å². The fourth-order valence-electron chi connectivity index (χ4n) is 1.77. The number of carbonyl (C=O) groups is 1. The molecule has 0 aliphatic heterocycles. The lowest BCUT2D eigenvalue weighted by Crippen LogP contribution is -2.24. The van der Waals surface area contributed by atoms with Gasteiger partial charge in [-0.25, -0.2) is 13.2 Å². The van der Waals surface area contributed by atoms with Crippen LogP contribution >= 0.6 is 0 Å². The van der Waals surface area contributed by atoms with Gasteiger partial charge in [0.2, 0.25) is 0 Å². The summed E-state index contributed by atoms with van der Waals surface area (Å²) in [7, 11) is 0. The molecule has 0 saturated heterocycles. The smallest absolute Gasteiger partial charge is 0.254 e. The average molecular weight is 279 g/mol. The highest BCUT2D eigenvalue weighted by Crippen LogP contribution is 2.11. The maximum atomic E-state index is 13.4. The molecule has 0 fully saturated rings.